The summed E-state index contributed by atoms with van der Waals surface area (Å²) in [6.45, 7) is 1.87. The Morgan fingerprint density at radius 1 is 1.10 bits per heavy atom. The molecule has 0 heterocycles. The molecule has 2 rings (SSSR count). The Bertz CT molecular complexity index is 556. The molecule has 106 valence electrons. The fraction of sp³-hybridized carbons (Fsp3) is 0.250. The first-order valence-corrected chi connectivity index (χ1v) is 7.59. The molecule has 0 aliphatic heterocycles. The lowest BCUT2D eigenvalue weighted by molar-refractivity contribution is 0.224. The SMILES string of the molecule is CSc1ccc(C(C)(CO)Nc2ccc(F)cc2)cc1. The van der Waals surface area contributed by atoms with Crippen molar-refractivity contribution in [1.29, 1.82) is 0 Å². The van der Waals surface area contributed by atoms with Crippen LogP contribution in [0.3, 0.4) is 0 Å². The van der Waals surface area contributed by atoms with Gasteiger partial charge in [0.25, 0.3) is 0 Å². The first-order chi connectivity index (χ1) is 9.57. The Kier molecular flexibility index (Phi) is 4.68. The van der Waals surface area contributed by atoms with Crippen LogP contribution in [0.4, 0.5) is 10.1 Å². The van der Waals surface area contributed by atoms with E-state index in [4.69, 9.17) is 0 Å². The number of anilines is 1. The molecule has 0 saturated carbocycles. The average molecular weight is 291 g/mol. The van der Waals surface area contributed by atoms with Crippen molar-refractivity contribution in [3.05, 3.63) is 59.9 Å². The smallest absolute Gasteiger partial charge is 0.123 e. The van der Waals surface area contributed by atoms with Gasteiger partial charge in [0.1, 0.15) is 5.82 Å². The molecule has 2 N–H and O–H groups in total. The van der Waals surface area contributed by atoms with Gasteiger partial charge in [0.15, 0.2) is 0 Å². The van der Waals surface area contributed by atoms with Gasteiger partial charge in [-0.05, 0) is 55.1 Å². The Balaban J connectivity index is 2.25. The van der Waals surface area contributed by atoms with Crippen LogP contribution in [0.25, 0.3) is 0 Å². The molecule has 2 nitrogen and oxygen atoms in total. The third-order valence-corrected chi connectivity index (χ3v) is 4.05. The highest BCUT2D eigenvalue weighted by atomic mass is 32.2. The number of halogens is 1. The molecule has 0 saturated heterocycles. The van der Waals surface area contributed by atoms with E-state index in [0.717, 1.165) is 11.3 Å². The maximum Gasteiger partial charge on any atom is 0.123 e. The summed E-state index contributed by atoms with van der Waals surface area (Å²) in [5, 5.41) is 13.0. The van der Waals surface area contributed by atoms with Crippen LogP contribution in [-0.2, 0) is 5.54 Å². The van der Waals surface area contributed by atoms with Crippen molar-refractivity contribution in [2.24, 2.45) is 0 Å². The molecule has 0 amide bonds. The van der Waals surface area contributed by atoms with Crippen LogP contribution in [0.5, 0.6) is 0 Å². The van der Waals surface area contributed by atoms with Crippen LogP contribution in [0.2, 0.25) is 0 Å². The lowest BCUT2D eigenvalue weighted by Gasteiger charge is -2.30. The molecule has 0 bridgehead atoms. The van der Waals surface area contributed by atoms with Crippen LogP contribution in [0.1, 0.15) is 12.5 Å². The fourth-order valence-corrected chi connectivity index (χ4v) is 2.42. The summed E-state index contributed by atoms with van der Waals surface area (Å²) in [4.78, 5) is 1.18. The standard InChI is InChI=1S/C16H18FNOS/c1-16(11-19,12-3-9-15(20-2)10-4-12)18-14-7-5-13(17)6-8-14/h3-10,18-19H,11H2,1-2H3. The topological polar surface area (TPSA) is 32.3 Å². The van der Waals surface area contributed by atoms with E-state index in [1.165, 1.54) is 17.0 Å². The Morgan fingerprint density at radius 3 is 2.20 bits per heavy atom. The van der Waals surface area contributed by atoms with Crippen molar-refractivity contribution >= 4 is 17.4 Å². The number of benzene rings is 2. The first-order valence-electron chi connectivity index (χ1n) is 6.36. The summed E-state index contributed by atoms with van der Waals surface area (Å²) < 4.78 is 12.9. The van der Waals surface area contributed by atoms with Gasteiger partial charge in [-0.3, -0.25) is 0 Å². The summed E-state index contributed by atoms with van der Waals surface area (Å²) in [5.74, 6) is -0.273. The second-order valence-electron chi connectivity index (χ2n) is 4.85. The van der Waals surface area contributed by atoms with Crippen molar-refractivity contribution in [2.75, 3.05) is 18.2 Å². The number of thioether (sulfide) groups is 1. The summed E-state index contributed by atoms with van der Waals surface area (Å²) in [6.07, 6.45) is 2.02. The van der Waals surface area contributed by atoms with Gasteiger partial charge in [-0.25, -0.2) is 4.39 Å². The van der Waals surface area contributed by atoms with Gasteiger partial charge < -0.3 is 10.4 Å². The summed E-state index contributed by atoms with van der Waals surface area (Å²) in [7, 11) is 0. The van der Waals surface area contributed by atoms with Gasteiger partial charge in [-0.15, -0.1) is 11.8 Å². The minimum atomic E-state index is -0.602. The average Bonchev–Trinajstić information content (AvgIpc) is 2.49. The van der Waals surface area contributed by atoms with Gasteiger partial charge in [-0.1, -0.05) is 12.1 Å². The third-order valence-electron chi connectivity index (χ3n) is 3.31. The quantitative estimate of drug-likeness (QED) is 0.820. The monoisotopic (exact) mass is 291 g/mol. The van der Waals surface area contributed by atoms with Gasteiger partial charge in [-0.2, -0.15) is 0 Å². The molecule has 2 aromatic rings. The third kappa shape index (κ3) is 3.32. The van der Waals surface area contributed by atoms with Crippen molar-refractivity contribution in [2.45, 2.75) is 17.4 Å². The number of aliphatic hydroxyl groups excluding tert-OH is 1. The molecule has 0 radical (unpaired) electrons. The van der Waals surface area contributed by atoms with E-state index < -0.39 is 5.54 Å². The van der Waals surface area contributed by atoms with Crippen molar-refractivity contribution in [3.63, 3.8) is 0 Å². The molecule has 1 atom stereocenters. The van der Waals surface area contributed by atoms with E-state index in [1.807, 2.05) is 37.4 Å². The molecule has 2 aromatic carbocycles. The van der Waals surface area contributed by atoms with E-state index in [9.17, 15) is 9.50 Å². The van der Waals surface area contributed by atoms with Gasteiger partial charge in [0, 0.05) is 10.6 Å². The molecule has 0 spiro atoms. The fourth-order valence-electron chi connectivity index (χ4n) is 2.01. The minimum Gasteiger partial charge on any atom is -0.394 e. The van der Waals surface area contributed by atoms with Crippen LogP contribution in [0.15, 0.2) is 53.4 Å². The zero-order chi connectivity index (χ0) is 14.6. The number of hydrogen-bond acceptors (Lipinski definition) is 3. The maximum absolute atomic E-state index is 12.9. The van der Waals surface area contributed by atoms with Gasteiger partial charge in [0.05, 0.1) is 12.1 Å². The molecule has 0 aliphatic rings. The first kappa shape index (κ1) is 14.9. The van der Waals surface area contributed by atoms with Gasteiger partial charge in [0.2, 0.25) is 0 Å². The van der Waals surface area contributed by atoms with Crippen LogP contribution >= 0.6 is 11.8 Å². The summed E-state index contributed by atoms with van der Waals surface area (Å²) in [5.41, 5.74) is 1.16. The molecular weight excluding hydrogens is 273 g/mol. The second kappa shape index (κ2) is 6.29. The van der Waals surface area contributed by atoms with E-state index in [1.54, 1.807) is 23.9 Å². The van der Waals surface area contributed by atoms with Crippen LogP contribution in [0, 0.1) is 5.82 Å². The summed E-state index contributed by atoms with van der Waals surface area (Å²) in [6, 6.07) is 14.2. The normalized spacial score (nSPS) is 13.8. The highest BCUT2D eigenvalue weighted by molar-refractivity contribution is 7.98. The zero-order valence-corrected chi connectivity index (χ0v) is 12.4. The lowest BCUT2D eigenvalue weighted by atomic mass is 9.92. The van der Waals surface area contributed by atoms with Crippen LogP contribution < -0.4 is 5.32 Å². The number of aliphatic hydroxyl groups is 1. The van der Waals surface area contributed by atoms with E-state index in [-0.39, 0.29) is 12.4 Å². The van der Waals surface area contributed by atoms with Crippen LogP contribution in [-0.4, -0.2) is 18.0 Å². The molecular formula is C16H18FNOS. The molecule has 0 fully saturated rings. The van der Waals surface area contributed by atoms with E-state index in [2.05, 4.69) is 5.32 Å². The molecule has 20 heavy (non-hydrogen) atoms. The van der Waals surface area contributed by atoms with E-state index >= 15 is 0 Å². The molecule has 0 aromatic heterocycles. The Morgan fingerprint density at radius 2 is 1.70 bits per heavy atom. The largest absolute Gasteiger partial charge is 0.394 e. The zero-order valence-electron chi connectivity index (χ0n) is 11.6. The number of hydrogen-bond donors (Lipinski definition) is 2. The summed E-state index contributed by atoms with van der Waals surface area (Å²) >= 11 is 1.68. The number of rotatable bonds is 5. The second-order valence-corrected chi connectivity index (χ2v) is 5.73. The van der Waals surface area contributed by atoms with Crippen molar-refractivity contribution in [1.82, 2.24) is 0 Å². The maximum atomic E-state index is 12.9. The minimum absolute atomic E-state index is 0.0526. The van der Waals surface area contributed by atoms with Crippen molar-refractivity contribution in [3.8, 4) is 0 Å². The predicted molar refractivity (Wildman–Crippen MR) is 82.7 cm³/mol. The molecule has 0 aliphatic carbocycles. The molecule has 1 unspecified atom stereocenters. The highest BCUT2D eigenvalue weighted by Gasteiger charge is 2.25. The highest BCUT2D eigenvalue weighted by Crippen LogP contribution is 2.27. The number of nitrogens with one attached hydrogen (secondary N) is 1. The van der Waals surface area contributed by atoms with Gasteiger partial charge >= 0.3 is 0 Å². The Hall–Kier alpha value is -1.52. The van der Waals surface area contributed by atoms with Crippen molar-refractivity contribution < 1.29 is 9.50 Å². The molecule has 4 heteroatoms. The van der Waals surface area contributed by atoms with E-state index in [0.29, 0.717) is 0 Å². The predicted octanol–water partition coefficient (Wildman–Crippen LogP) is 3.87. The Labute approximate surface area is 123 Å². The lowest BCUT2D eigenvalue weighted by Crippen LogP contribution is -2.35.